The second kappa shape index (κ2) is 6.66. The van der Waals surface area contributed by atoms with Crippen molar-refractivity contribution in [3.63, 3.8) is 0 Å². The molecule has 1 unspecified atom stereocenters. The molecule has 0 spiro atoms. The zero-order chi connectivity index (χ0) is 16.3. The van der Waals surface area contributed by atoms with Gasteiger partial charge in [0.2, 0.25) is 10.0 Å². The smallest absolute Gasteiger partial charge is 0.319 e. The van der Waals surface area contributed by atoms with Crippen molar-refractivity contribution in [1.82, 2.24) is 9.62 Å². The summed E-state index contributed by atoms with van der Waals surface area (Å²) in [6, 6.07) is 5.38. The second-order valence-corrected chi connectivity index (χ2v) is 7.92. The molecule has 1 aliphatic rings. The zero-order valence-corrected chi connectivity index (χ0v) is 14.0. The molecule has 2 N–H and O–H groups in total. The van der Waals surface area contributed by atoms with Crippen molar-refractivity contribution < 1.29 is 13.2 Å². The summed E-state index contributed by atoms with van der Waals surface area (Å²) in [6.45, 7) is 4.80. The van der Waals surface area contributed by atoms with Gasteiger partial charge in [-0.3, -0.25) is 0 Å². The third-order valence-corrected chi connectivity index (χ3v) is 4.94. The fraction of sp³-hybridized carbons (Fsp3) is 0.533. The fourth-order valence-electron chi connectivity index (χ4n) is 2.76. The average molecular weight is 325 g/mol. The summed E-state index contributed by atoms with van der Waals surface area (Å²) < 4.78 is 24.6. The molecular weight excluding hydrogens is 302 g/mol. The van der Waals surface area contributed by atoms with Crippen LogP contribution in [0.2, 0.25) is 0 Å². The van der Waals surface area contributed by atoms with Gasteiger partial charge in [0, 0.05) is 24.8 Å². The van der Waals surface area contributed by atoms with Gasteiger partial charge in [-0.25, -0.2) is 17.5 Å². The number of piperidine rings is 1. The molecular formula is C15H23N3O3S. The molecule has 2 amide bonds. The molecule has 1 fully saturated rings. The van der Waals surface area contributed by atoms with E-state index in [0.29, 0.717) is 13.1 Å². The molecule has 1 atom stereocenters. The molecule has 2 rings (SSSR count). The molecule has 6 nitrogen and oxygen atoms in total. The Labute approximate surface area is 131 Å². The van der Waals surface area contributed by atoms with Crippen molar-refractivity contribution in [1.29, 1.82) is 0 Å². The van der Waals surface area contributed by atoms with E-state index in [1.165, 1.54) is 10.6 Å². The van der Waals surface area contributed by atoms with E-state index in [2.05, 4.69) is 10.6 Å². The van der Waals surface area contributed by atoms with Crippen LogP contribution in [-0.4, -0.2) is 44.1 Å². The highest BCUT2D eigenvalue weighted by atomic mass is 32.2. The van der Waals surface area contributed by atoms with Gasteiger partial charge >= 0.3 is 6.03 Å². The molecule has 1 saturated heterocycles. The number of benzene rings is 1. The number of sulfonamides is 1. The number of urea groups is 1. The van der Waals surface area contributed by atoms with Crippen LogP contribution in [0.5, 0.6) is 0 Å². The number of nitrogens with one attached hydrogen (secondary N) is 2. The standard InChI is InChI=1S/C15H23N3O3S/c1-11-7-12(2)9-14(8-11)17-15(19)16-13-5-4-6-18(10-13)22(3,20)21/h7-9,13H,4-6,10H2,1-3H3,(H2,16,17,19). The maximum atomic E-state index is 12.1. The summed E-state index contributed by atoms with van der Waals surface area (Å²) in [4.78, 5) is 12.1. The van der Waals surface area contributed by atoms with Gasteiger partial charge in [-0.15, -0.1) is 0 Å². The molecule has 0 aromatic heterocycles. The highest BCUT2D eigenvalue weighted by Crippen LogP contribution is 2.15. The Bertz CT molecular complexity index is 638. The third kappa shape index (κ3) is 4.71. The molecule has 0 aliphatic carbocycles. The first-order chi connectivity index (χ1) is 10.2. The number of anilines is 1. The van der Waals surface area contributed by atoms with Gasteiger partial charge < -0.3 is 10.6 Å². The predicted octanol–water partition coefficient (Wildman–Crippen LogP) is 1.85. The average Bonchev–Trinajstić information content (AvgIpc) is 2.36. The largest absolute Gasteiger partial charge is 0.334 e. The van der Waals surface area contributed by atoms with E-state index < -0.39 is 10.0 Å². The summed E-state index contributed by atoms with van der Waals surface area (Å²) in [5, 5.41) is 5.66. The van der Waals surface area contributed by atoms with Crippen LogP contribution in [-0.2, 0) is 10.0 Å². The number of carbonyl (C=O) groups is 1. The van der Waals surface area contributed by atoms with Crippen molar-refractivity contribution in [3.8, 4) is 0 Å². The predicted molar refractivity (Wildman–Crippen MR) is 87.5 cm³/mol. The first kappa shape index (κ1) is 16.8. The lowest BCUT2D eigenvalue weighted by Gasteiger charge is -2.31. The van der Waals surface area contributed by atoms with E-state index in [1.807, 2.05) is 32.0 Å². The Kier molecular flexibility index (Phi) is 5.08. The number of rotatable bonds is 3. The van der Waals surface area contributed by atoms with E-state index in [9.17, 15) is 13.2 Å². The van der Waals surface area contributed by atoms with Gasteiger partial charge in [0.1, 0.15) is 0 Å². The van der Waals surface area contributed by atoms with E-state index in [4.69, 9.17) is 0 Å². The fourth-order valence-corrected chi connectivity index (χ4v) is 3.67. The molecule has 22 heavy (non-hydrogen) atoms. The van der Waals surface area contributed by atoms with Crippen molar-refractivity contribution in [2.24, 2.45) is 0 Å². The number of amides is 2. The lowest BCUT2D eigenvalue weighted by molar-refractivity contribution is 0.236. The first-order valence-corrected chi connectivity index (χ1v) is 9.20. The zero-order valence-electron chi connectivity index (χ0n) is 13.2. The van der Waals surface area contributed by atoms with E-state index in [0.717, 1.165) is 29.7 Å². The Hall–Kier alpha value is -1.60. The summed E-state index contributed by atoms with van der Waals surface area (Å²) in [6.07, 6.45) is 2.73. The number of aryl methyl sites for hydroxylation is 2. The van der Waals surface area contributed by atoms with Crippen LogP contribution in [0.25, 0.3) is 0 Å². The van der Waals surface area contributed by atoms with E-state index >= 15 is 0 Å². The van der Waals surface area contributed by atoms with Gasteiger partial charge in [-0.1, -0.05) is 6.07 Å². The summed E-state index contributed by atoms with van der Waals surface area (Å²) >= 11 is 0. The van der Waals surface area contributed by atoms with Gasteiger partial charge in [-0.05, 0) is 49.9 Å². The minimum atomic E-state index is -3.20. The molecule has 0 saturated carbocycles. The van der Waals surface area contributed by atoms with E-state index in [-0.39, 0.29) is 12.1 Å². The molecule has 7 heteroatoms. The Morgan fingerprint density at radius 1 is 1.23 bits per heavy atom. The number of nitrogens with zero attached hydrogens (tertiary/aromatic N) is 1. The third-order valence-electron chi connectivity index (χ3n) is 3.67. The van der Waals surface area contributed by atoms with Gasteiger partial charge in [0.15, 0.2) is 0 Å². The summed E-state index contributed by atoms with van der Waals surface area (Å²) in [5.41, 5.74) is 2.90. The normalized spacial score (nSPS) is 19.7. The quantitative estimate of drug-likeness (QED) is 0.890. The molecule has 1 aliphatic heterocycles. The number of hydrogen-bond acceptors (Lipinski definition) is 3. The number of hydrogen-bond donors (Lipinski definition) is 2. The molecule has 1 aromatic rings. The van der Waals surface area contributed by atoms with Crippen molar-refractivity contribution >= 4 is 21.7 Å². The van der Waals surface area contributed by atoms with Crippen LogP contribution in [0.1, 0.15) is 24.0 Å². The first-order valence-electron chi connectivity index (χ1n) is 7.35. The van der Waals surface area contributed by atoms with Crippen molar-refractivity contribution in [2.45, 2.75) is 32.7 Å². The van der Waals surface area contributed by atoms with Crippen LogP contribution in [0.15, 0.2) is 18.2 Å². The monoisotopic (exact) mass is 325 g/mol. The number of carbonyl (C=O) groups excluding carboxylic acids is 1. The lowest BCUT2D eigenvalue weighted by atomic mass is 10.1. The van der Waals surface area contributed by atoms with Crippen LogP contribution in [0.3, 0.4) is 0 Å². The van der Waals surface area contributed by atoms with Crippen molar-refractivity contribution in [3.05, 3.63) is 29.3 Å². The molecule has 0 bridgehead atoms. The Balaban J connectivity index is 1.94. The van der Waals surface area contributed by atoms with Crippen LogP contribution < -0.4 is 10.6 Å². The van der Waals surface area contributed by atoms with Gasteiger partial charge in [0.05, 0.1) is 6.26 Å². The molecule has 1 heterocycles. The highest BCUT2D eigenvalue weighted by molar-refractivity contribution is 7.88. The lowest BCUT2D eigenvalue weighted by Crippen LogP contribution is -2.50. The maximum Gasteiger partial charge on any atom is 0.319 e. The Morgan fingerprint density at radius 2 is 1.86 bits per heavy atom. The minimum absolute atomic E-state index is 0.158. The minimum Gasteiger partial charge on any atom is -0.334 e. The van der Waals surface area contributed by atoms with Crippen molar-refractivity contribution in [2.75, 3.05) is 24.7 Å². The van der Waals surface area contributed by atoms with Crippen LogP contribution in [0.4, 0.5) is 10.5 Å². The molecule has 1 aromatic carbocycles. The van der Waals surface area contributed by atoms with Crippen LogP contribution in [0, 0.1) is 13.8 Å². The molecule has 0 radical (unpaired) electrons. The SMILES string of the molecule is Cc1cc(C)cc(NC(=O)NC2CCCN(S(C)(=O)=O)C2)c1. The topological polar surface area (TPSA) is 78.5 Å². The highest BCUT2D eigenvalue weighted by Gasteiger charge is 2.26. The van der Waals surface area contributed by atoms with Crippen LogP contribution >= 0.6 is 0 Å². The summed E-state index contributed by atoms with van der Waals surface area (Å²) in [7, 11) is -3.20. The molecule has 122 valence electrons. The summed E-state index contributed by atoms with van der Waals surface area (Å²) in [5.74, 6) is 0. The Morgan fingerprint density at radius 3 is 2.45 bits per heavy atom. The maximum absolute atomic E-state index is 12.1. The van der Waals surface area contributed by atoms with E-state index in [1.54, 1.807) is 0 Å². The second-order valence-electron chi connectivity index (χ2n) is 5.94. The van der Waals surface area contributed by atoms with Gasteiger partial charge in [-0.2, -0.15) is 0 Å². The van der Waals surface area contributed by atoms with Gasteiger partial charge in [0.25, 0.3) is 0 Å².